The van der Waals surface area contributed by atoms with E-state index in [2.05, 4.69) is 6.07 Å². The average molecular weight is 266 g/mol. The van der Waals surface area contributed by atoms with Crippen molar-refractivity contribution in [1.29, 1.82) is 0 Å². The quantitative estimate of drug-likeness (QED) is 0.413. The average Bonchev–Trinajstić information content (AvgIpc) is 2.47. The van der Waals surface area contributed by atoms with Crippen molar-refractivity contribution in [2.75, 3.05) is 13.7 Å². The lowest BCUT2D eigenvalue weighted by Gasteiger charge is -2.11. The first-order chi connectivity index (χ1) is 9.79. The summed E-state index contributed by atoms with van der Waals surface area (Å²) in [5.41, 5.74) is 0. The van der Waals surface area contributed by atoms with E-state index >= 15 is 0 Å². The van der Waals surface area contributed by atoms with Gasteiger partial charge in [0.15, 0.2) is 0 Å². The largest absolute Gasteiger partial charge is 0.423 e. The Morgan fingerprint density at radius 1 is 0.950 bits per heavy atom. The van der Waals surface area contributed by atoms with Crippen molar-refractivity contribution >= 4 is 27.5 Å². The Bertz CT molecular complexity index is 723. The van der Waals surface area contributed by atoms with Crippen LogP contribution in [0.5, 0.6) is 5.75 Å². The Hall–Kier alpha value is -2.39. The molecule has 3 rings (SSSR count). The molecule has 0 fully saturated rings. The normalized spacial score (nSPS) is 10.8. The number of carbonyl (C=O) groups excluding carboxylic acids is 1. The zero-order valence-corrected chi connectivity index (χ0v) is 11.1. The molecule has 0 aliphatic rings. The zero-order chi connectivity index (χ0) is 13.9. The smallest absolute Gasteiger partial charge is 0.337 e. The molecule has 3 nitrogen and oxygen atoms in total. The van der Waals surface area contributed by atoms with Crippen LogP contribution in [-0.4, -0.2) is 19.7 Å². The van der Waals surface area contributed by atoms with Crippen molar-refractivity contribution in [3.63, 3.8) is 0 Å². The lowest BCUT2D eigenvalue weighted by Crippen LogP contribution is -2.14. The van der Waals surface area contributed by atoms with Crippen molar-refractivity contribution in [2.45, 2.75) is 0 Å². The van der Waals surface area contributed by atoms with Gasteiger partial charge < -0.3 is 9.47 Å². The Labute approximate surface area is 116 Å². The number of hydrogen-bond donors (Lipinski definition) is 0. The molecule has 0 amide bonds. The molecule has 20 heavy (non-hydrogen) atoms. The third-order valence-corrected chi connectivity index (χ3v) is 3.20. The van der Waals surface area contributed by atoms with Crippen molar-refractivity contribution in [3.8, 4) is 5.75 Å². The van der Waals surface area contributed by atoms with Crippen LogP contribution in [-0.2, 0) is 9.53 Å². The lowest BCUT2D eigenvalue weighted by atomic mass is 10.0. The van der Waals surface area contributed by atoms with Gasteiger partial charge in [0.2, 0.25) is 0 Å². The molecule has 0 bridgehead atoms. The van der Waals surface area contributed by atoms with Gasteiger partial charge in [0.1, 0.15) is 12.4 Å². The van der Waals surface area contributed by atoms with Gasteiger partial charge in [-0.25, -0.2) is 4.79 Å². The van der Waals surface area contributed by atoms with E-state index in [0.717, 1.165) is 21.5 Å². The Balaban J connectivity index is 2.25. The van der Waals surface area contributed by atoms with Crippen molar-refractivity contribution in [1.82, 2.24) is 0 Å². The standard InChI is InChI=1S/C17H14O3/c1-19-11-16(18)20-17-14-8-4-2-6-12(14)10-13-7-3-5-9-15(13)17/h2-10H,11H2,1H3. The molecule has 0 radical (unpaired) electrons. The fraction of sp³-hybridized carbons (Fsp3) is 0.118. The predicted molar refractivity (Wildman–Crippen MR) is 79.0 cm³/mol. The summed E-state index contributed by atoms with van der Waals surface area (Å²) in [6.45, 7) is -0.0580. The molecule has 0 aliphatic carbocycles. The molecule has 0 saturated carbocycles. The highest BCUT2D eigenvalue weighted by Gasteiger charge is 2.12. The first-order valence-electron chi connectivity index (χ1n) is 6.39. The summed E-state index contributed by atoms with van der Waals surface area (Å²) in [5, 5.41) is 3.95. The van der Waals surface area contributed by atoms with Crippen LogP contribution in [0.4, 0.5) is 0 Å². The summed E-state index contributed by atoms with van der Waals surface area (Å²) in [7, 11) is 1.47. The van der Waals surface area contributed by atoms with Crippen LogP contribution in [0.3, 0.4) is 0 Å². The maximum Gasteiger partial charge on any atom is 0.337 e. The number of carbonyl (C=O) groups is 1. The molecule has 0 aromatic heterocycles. The number of ether oxygens (including phenoxy) is 2. The Morgan fingerprint density at radius 2 is 1.50 bits per heavy atom. The van der Waals surface area contributed by atoms with E-state index in [1.165, 1.54) is 7.11 Å². The molecule has 0 atom stereocenters. The van der Waals surface area contributed by atoms with Gasteiger partial charge in [-0.1, -0.05) is 48.5 Å². The van der Waals surface area contributed by atoms with Crippen LogP contribution < -0.4 is 4.74 Å². The Kier molecular flexibility index (Phi) is 3.35. The molecule has 3 aromatic rings. The zero-order valence-electron chi connectivity index (χ0n) is 11.1. The SMILES string of the molecule is COCC(=O)Oc1c2ccccc2cc2ccccc12. The molecule has 0 saturated heterocycles. The molecular weight excluding hydrogens is 252 g/mol. The molecule has 0 unspecified atom stereocenters. The van der Waals surface area contributed by atoms with Crippen molar-refractivity contribution in [3.05, 3.63) is 54.6 Å². The minimum absolute atomic E-state index is 0.0580. The van der Waals surface area contributed by atoms with Gasteiger partial charge in [-0.3, -0.25) is 0 Å². The number of rotatable bonds is 3. The van der Waals surface area contributed by atoms with Gasteiger partial charge in [-0.05, 0) is 16.8 Å². The van der Waals surface area contributed by atoms with Crippen LogP contribution in [0, 0.1) is 0 Å². The van der Waals surface area contributed by atoms with Crippen LogP contribution in [0.1, 0.15) is 0 Å². The highest BCUT2D eigenvalue weighted by atomic mass is 16.6. The molecule has 3 aromatic carbocycles. The molecule has 0 spiro atoms. The van der Waals surface area contributed by atoms with Crippen LogP contribution in [0.15, 0.2) is 54.6 Å². The van der Waals surface area contributed by atoms with Gasteiger partial charge in [0, 0.05) is 17.9 Å². The predicted octanol–water partition coefficient (Wildman–Crippen LogP) is 3.54. The van der Waals surface area contributed by atoms with E-state index < -0.39 is 5.97 Å². The molecule has 0 N–H and O–H groups in total. The van der Waals surface area contributed by atoms with Crippen LogP contribution in [0.25, 0.3) is 21.5 Å². The monoisotopic (exact) mass is 266 g/mol. The van der Waals surface area contributed by atoms with Crippen LogP contribution in [0.2, 0.25) is 0 Å². The van der Waals surface area contributed by atoms with E-state index in [1.807, 2.05) is 48.5 Å². The number of fused-ring (bicyclic) bond motifs is 2. The molecule has 100 valence electrons. The maximum atomic E-state index is 11.8. The highest BCUT2D eigenvalue weighted by molar-refractivity contribution is 6.06. The van der Waals surface area contributed by atoms with Gasteiger partial charge in [0.25, 0.3) is 0 Å². The first-order valence-corrected chi connectivity index (χ1v) is 6.39. The van der Waals surface area contributed by atoms with Gasteiger partial charge >= 0.3 is 5.97 Å². The van der Waals surface area contributed by atoms with E-state index in [9.17, 15) is 4.79 Å². The molecule has 0 heterocycles. The summed E-state index contributed by atoms with van der Waals surface area (Å²) in [6, 6.07) is 17.8. The fourth-order valence-electron chi connectivity index (χ4n) is 2.34. The number of esters is 1. The maximum absolute atomic E-state index is 11.8. The summed E-state index contributed by atoms with van der Waals surface area (Å²) in [6.07, 6.45) is 0. The third-order valence-electron chi connectivity index (χ3n) is 3.20. The summed E-state index contributed by atoms with van der Waals surface area (Å²) < 4.78 is 10.3. The third kappa shape index (κ3) is 2.24. The summed E-state index contributed by atoms with van der Waals surface area (Å²) >= 11 is 0. The second-order valence-corrected chi connectivity index (χ2v) is 4.56. The highest BCUT2D eigenvalue weighted by Crippen LogP contribution is 2.34. The first kappa shape index (κ1) is 12.6. The van der Waals surface area contributed by atoms with E-state index in [-0.39, 0.29) is 6.61 Å². The van der Waals surface area contributed by atoms with Gasteiger partial charge in [0.05, 0.1) is 0 Å². The van der Waals surface area contributed by atoms with Gasteiger partial charge in [-0.15, -0.1) is 0 Å². The molecule has 0 aliphatic heterocycles. The fourth-order valence-corrected chi connectivity index (χ4v) is 2.34. The summed E-state index contributed by atoms with van der Waals surface area (Å²) in [5.74, 6) is 0.203. The minimum atomic E-state index is -0.394. The van der Waals surface area contributed by atoms with E-state index in [0.29, 0.717) is 5.75 Å². The molecular formula is C17H14O3. The van der Waals surface area contributed by atoms with Crippen molar-refractivity contribution in [2.24, 2.45) is 0 Å². The number of hydrogen-bond acceptors (Lipinski definition) is 3. The minimum Gasteiger partial charge on any atom is -0.423 e. The second kappa shape index (κ2) is 5.31. The second-order valence-electron chi connectivity index (χ2n) is 4.56. The number of methoxy groups -OCH3 is 1. The number of benzene rings is 3. The van der Waals surface area contributed by atoms with Crippen molar-refractivity contribution < 1.29 is 14.3 Å². The topological polar surface area (TPSA) is 35.5 Å². The van der Waals surface area contributed by atoms with Crippen LogP contribution >= 0.6 is 0 Å². The van der Waals surface area contributed by atoms with E-state index in [4.69, 9.17) is 9.47 Å². The molecule has 3 heteroatoms. The lowest BCUT2D eigenvalue weighted by molar-refractivity contribution is -0.138. The Morgan fingerprint density at radius 3 is 2.05 bits per heavy atom. The summed E-state index contributed by atoms with van der Waals surface area (Å²) in [4.78, 5) is 11.8. The van der Waals surface area contributed by atoms with Gasteiger partial charge in [-0.2, -0.15) is 0 Å². The van der Waals surface area contributed by atoms with E-state index in [1.54, 1.807) is 0 Å².